The van der Waals surface area contributed by atoms with Crippen molar-refractivity contribution in [1.82, 2.24) is 15.1 Å². The highest BCUT2D eigenvalue weighted by Gasteiger charge is 2.03. The van der Waals surface area contributed by atoms with Crippen molar-refractivity contribution in [2.75, 3.05) is 26.9 Å². The van der Waals surface area contributed by atoms with Crippen LogP contribution >= 0.6 is 0 Å². The van der Waals surface area contributed by atoms with Gasteiger partial charge >= 0.3 is 0 Å². The number of nitrogens with zero attached hydrogens (tertiary/aromatic N) is 2. The van der Waals surface area contributed by atoms with Crippen LogP contribution in [0.5, 0.6) is 0 Å². The number of aromatic nitrogens is 2. The molecule has 5 nitrogen and oxygen atoms in total. The van der Waals surface area contributed by atoms with Crippen LogP contribution in [0.1, 0.15) is 12.6 Å². The first-order valence-electron chi connectivity index (χ1n) is 5.51. The summed E-state index contributed by atoms with van der Waals surface area (Å²) in [6, 6.07) is 2.33. The summed E-state index contributed by atoms with van der Waals surface area (Å²) in [5.74, 6) is 0. The van der Waals surface area contributed by atoms with Gasteiger partial charge in [0.2, 0.25) is 0 Å². The standard InChI is InChI=1S/C11H21N3O2/c1-10(9-16-7-6-15-3)12-8-11-4-5-13-14(11)2/h4-5,10,12H,6-9H2,1-3H3. The van der Waals surface area contributed by atoms with E-state index in [2.05, 4.69) is 17.3 Å². The molecule has 0 amide bonds. The average molecular weight is 227 g/mol. The first kappa shape index (κ1) is 13.2. The molecule has 1 rings (SSSR count). The van der Waals surface area contributed by atoms with Crippen molar-refractivity contribution in [3.63, 3.8) is 0 Å². The van der Waals surface area contributed by atoms with Gasteiger partial charge in [0.25, 0.3) is 0 Å². The van der Waals surface area contributed by atoms with E-state index in [0.717, 1.165) is 6.54 Å². The van der Waals surface area contributed by atoms with E-state index >= 15 is 0 Å². The molecule has 1 aromatic rings. The van der Waals surface area contributed by atoms with Crippen LogP contribution in [0.15, 0.2) is 12.3 Å². The van der Waals surface area contributed by atoms with Crippen LogP contribution in [0, 0.1) is 0 Å². The minimum absolute atomic E-state index is 0.326. The molecule has 0 aliphatic carbocycles. The topological polar surface area (TPSA) is 48.3 Å². The minimum atomic E-state index is 0.326. The number of aryl methyl sites for hydroxylation is 1. The summed E-state index contributed by atoms with van der Waals surface area (Å²) in [7, 11) is 3.62. The van der Waals surface area contributed by atoms with E-state index in [1.807, 2.05) is 17.8 Å². The van der Waals surface area contributed by atoms with Gasteiger partial charge in [-0.2, -0.15) is 5.10 Å². The highest BCUT2D eigenvalue weighted by Crippen LogP contribution is 1.96. The summed E-state index contributed by atoms with van der Waals surface area (Å²) in [5.41, 5.74) is 1.17. The van der Waals surface area contributed by atoms with Gasteiger partial charge in [-0.15, -0.1) is 0 Å². The average Bonchev–Trinajstić information content (AvgIpc) is 2.67. The first-order valence-corrected chi connectivity index (χ1v) is 5.51. The molecule has 0 fully saturated rings. The van der Waals surface area contributed by atoms with Crippen LogP contribution in [0.2, 0.25) is 0 Å². The van der Waals surface area contributed by atoms with E-state index in [4.69, 9.17) is 9.47 Å². The van der Waals surface area contributed by atoms with E-state index in [0.29, 0.717) is 25.9 Å². The van der Waals surface area contributed by atoms with Crippen LogP contribution in [0.3, 0.4) is 0 Å². The molecule has 92 valence electrons. The Bertz CT molecular complexity index is 289. The van der Waals surface area contributed by atoms with Crippen LogP contribution < -0.4 is 5.32 Å². The monoisotopic (exact) mass is 227 g/mol. The highest BCUT2D eigenvalue weighted by molar-refractivity contribution is 4.99. The largest absolute Gasteiger partial charge is 0.382 e. The second-order valence-corrected chi connectivity index (χ2v) is 3.80. The summed E-state index contributed by atoms with van der Waals surface area (Å²) in [6.07, 6.45) is 1.80. The van der Waals surface area contributed by atoms with E-state index in [1.54, 1.807) is 13.3 Å². The Morgan fingerprint density at radius 1 is 1.50 bits per heavy atom. The third kappa shape index (κ3) is 4.74. The van der Waals surface area contributed by atoms with Gasteiger partial charge in [0.05, 0.1) is 25.5 Å². The van der Waals surface area contributed by atoms with Gasteiger partial charge in [0, 0.05) is 32.9 Å². The van der Waals surface area contributed by atoms with Gasteiger partial charge < -0.3 is 14.8 Å². The SMILES string of the molecule is COCCOCC(C)NCc1ccnn1C. The van der Waals surface area contributed by atoms with Crippen LogP contribution in [0.4, 0.5) is 0 Å². The van der Waals surface area contributed by atoms with E-state index in [1.165, 1.54) is 5.69 Å². The number of ether oxygens (including phenoxy) is 2. The van der Waals surface area contributed by atoms with Crippen molar-refractivity contribution < 1.29 is 9.47 Å². The van der Waals surface area contributed by atoms with Crippen molar-refractivity contribution >= 4 is 0 Å². The van der Waals surface area contributed by atoms with Gasteiger partial charge in [-0.05, 0) is 13.0 Å². The maximum Gasteiger partial charge on any atom is 0.0701 e. The predicted molar refractivity (Wildman–Crippen MR) is 62.2 cm³/mol. The normalized spacial score (nSPS) is 12.9. The molecule has 16 heavy (non-hydrogen) atoms. The lowest BCUT2D eigenvalue weighted by Gasteiger charge is -2.14. The van der Waals surface area contributed by atoms with Gasteiger partial charge in [-0.25, -0.2) is 0 Å². The molecule has 0 aliphatic heterocycles. The van der Waals surface area contributed by atoms with E-state index in [9.17, 15) is 0 Å². The highest BCUT2D eigenvalue weighted by atomic mass is 16.5. The molecule has 0 spiro atoms. The van der Waals surface area contributed by atoms with Crippen LogP contribution in [-0.4, -0.2) is 42.8 Å². The zero-order valence-electron chi connectivity index (χ0n) is 10.3. The van der Waals surface area contributed by atoms with Gasteiger partial charge in [0.1, 0.15) is 0 Å². The molecule has 1 aromatic heterocycles. The van der Waals surface area contributed by atoms with Crippen molar-refractivity contribution in [3.8, 4) is 0 Å². The fraction of sp³-hybridized carbons (Fsp3) is 0.727. The smallest absolute Gasteiger partial charge is 0.0701 e. The Morgan fingerprint density at radius 3 is 2.94 bits per heavy atom. The number of hydrogen-bond donors (Lipinski definition) is 1. The summed E-state index contributed by atoms with van der Waals surface area (Å²) in [5, 5.41) is 7.49. The summed E-state index contributed by atoms with van der Waals surface area (Å²) < 4.78 is 12.2. The summed E-state index contributed by atoms with van der Waals surface area (Å²) >= 11 is 0. The molecule has 1 unspecified atom stereocenters. The Labute approximate surface area is 96.7 Å². The molecular formula is C11H21N3O2. The third-order valence-corrected chi connectivity index (χ3v) is 2.35. The lowest BCUT2D eigenvalue weighted by Crippen LogP contribution is -2.31. The molecule has 0 bridgehead atoms. The molecule has 0 saturated carbocycles. The van der Waals surface area contributed by atoms with Crippen molar-refractivity contribution in [3.05, 3.63) is 18.0 Å². The zero-order chi connectivity index (χ0) is 11.8. The molecule has 1 heterocycles. The Balaban J connectivity index is 2.10. The molecule has 0 aromatic carbocycles. The number of nitrogens with one attached hydrogen (secondary N) is 1. The lowest BCUT2D eigenvalue weighted by molar-refractivity contribution is 0.0607. The molecule has 1 N–H and O–H groups in total. The van der Waals surface area contributed by atoms with Gasteiger partial charge in [-0.1, -0.05) is 0 Å². The molecule has 0 saturated heterocycles. The van der Waals surface area contributed by atoms with Gasteiger partial charge in [-0.3, -0.25) is 4.68 Å². The van der Waals surface area contributed by atoms with Crippen molar-refractivity contribution in [1.29, 1.82) is 0 Å². The minimum Gasteiger partial charge on any atom is -0.382 e. The summed E-state index contributed by atoms with van der Waals surface area (Å²) in [6.45, 7) is 4.90. The Morgan fingerprint density at radius 2 is 2.31 bits per heavy atom. The fourth-order valence-corrected chi connectivity index (χ4v) is 1.31. The molecule has 0 aliphatic rings. The maximum atomic E-state index is 5.43. The summed E-state index contributed by atoms with van der Waals surface area (Å²) in [4.78, 5) is 0. The molecule has 0 radical (unpaired) electrons. The zero-order valence-corrected chi connectivity index (χ0v) is 10.3. The van der Waals surface area contributed by atoms with Crippen LogP contribution in [0.25, 0.3) is 0 Å². The maximum absolute atomic E-state index is 5.43. The quantitative estimate of drug-likeness (QED) is 0.659. The predicted octanol–water partition coefficient (Wildman–Crippen LogP) is 0.561. The third-order valence-electron chi connectivity index (χ3n) is 2.35. The fourth-order valence-electron chi connectivity index (χ4n) is 1.31. The number of hydrogen-bond acceptors (Lipinski definition) is 4. The molecule has 1 atom stereocenters. The van der Waals surface area contributed by atoms with Crippen LogP contribution in [-0.2, 0) is 23.1 Å². The number of methoxy groups -OCH3 is 1. The second-order valence-electron chi connectivity index (χ2n) is 3.80. The Hall–Kier alpha value is -0.910. The number of rotatable bonds is 8. The van der Waals surface area contributed by atoms with Gasteiger partial charge in [0.15, 0.2) is 0 Å². The first-order chi connectivity index (χ1) is 7.74. The lowest BCUT2D eigenvalue weighted by atomic mass is 10.3. The van der Waals surface area contributed by atoms with Crippen molar-refractivity contribution in [2.45, 2.75) is 19.5 Å². The van der Waals surface area contributed by atoms with E-state index < -0.39 is 0 Å². The van der Waals surface area contributed by atoms with Crippen molar-refractivity contribution in [2.24, 2.45) is 7.05 Å². The van der Waals surface area contributed by atoms with E-state index in [-0.39, 0.29) is 0 Å². The molecular weight excluding hydrogens is 206 g/mol. The Kier molecular flexibility index (Phi) is 6.07. The molecule has 5 heteroatoms. The second kappa shape index (κ2) is 7.38.